The van der Waals surface area contributed by atoms with E-state index in [1.807, 2.05) is 19.1 Å². The molecule has 0 saturated heterocycles. The Morgan fingerprint density at radius 1 is 1.36 bits per heavy atom. The van der Waals surface area contributed by atoms with Crippen LogP contribution in [0.1, 0.15) is 52.9 Å². The molecule has 5 nitrogen and oxygen atoms in total. The van der Waals surface area contributed by atoms with E-state index in [2.05, 4.69) is 5.32 Å². The van der Waals surface area contributed by atoms with Gasteiger partial charge in [0.25, 0.3) is 0 Å². The summed E-state index contributed by atoms with van der Waals surface area (Å²) in [5.41, 5.74) is 0. The number of rotatable bonds is 8. The predicted molar refractivity (Wildman–Crippen MR) is 84.3 cm³/mol. The Labute approximate surface area is 132 Å². The van der Waals surface area contributed by atoms with E-state index in [1.165, 1.54) is 0 Å². The SMILES string of the molecule is CC/C=C\C[C@H]1C(=O)CCC1CC(=O)N[C@H](C(=O)O)C(C)C. The lowest BCUT2D eigenvalue weighted by molar-refractivity contribution is -0.143. The van der Waals surface area contributed by atoms with Crippen molar-refractivity contribution in [3.8, 4) is 0 Å². The van der Waals surface area contributed by atoms with Crippen molar-refractivity contribution in [1.82, 2.24) is 5.32 Å². The van der Waals surface area contributed by atoms with E-state index in [4.69, 9.17) is 5.11 Å². The minimum Gasteiger partial charge on any atom is -0.480 e. The molecule has 1 fully saturated rings. The lowest BCUT2D eigenvalue weighted by atomic mass is 9.89. The number of hydrogen-bond acceptors (Lipinski definition) is 3. The van der Waals surface area contributed by atoms with E-state index < -0.39 is 12.0 Å². The third-order valence-electron chi connectivity index (χ3n) is 4.23. The van der Waals surface area contributed by atoms with Crippen LogP contribution in [0.4, 0.5) is 0 Å². The summed E-state index contributed by atoms with van der Waals surface area (Å²) in [7, 11) is 0. The number of allylic oxidation sites excluding steroid dienone is 2. The number of nitrogens with one attached hydrogen (secondary N) is 1. The van der Waals surface area contributed by atoms with Gasteiger partial charge in [0.1, 0.15) is 11.8 Å². The van der Waals surface area contributed by atoms with Crippen LogP contribution in [-0.4, -0.2) is 28.8 Å². The van der Waals surface area contributed by atoms with Gasteiger partial charge in [0.15, 0.2) is 0 Å². The molecule has 1 amide bonds. The molecule has 0 spiro atoms. The van der Waals surface area contributed by atoms with Gasteiger partial charge in [-0.1, -0.05) is 32.9 Å². The minimum absolute atomic E-state index is 0.0237. The van der Waals surface area contributed by atoms with E-state index in [0.717, 1.165) is 12.8 Å². The lowest BCUT2D eigenvalue weighted by Crippen LogP contribution is -2.45. The molecule has 0 heterocycles. The van der Waals surface area contributed by atoms with E-state index in [-0.39, 0.29) is 35.9 Å². The van der Waals surface area contributed by atoms with Gasteiger partial charge in [0, 0.05) is 18.8 Å². The van der Waals surface area contributed by atoms with Gasteiger partial charge in [-0.2, -0.15) is 0 Å². The Balaban J connectivity index is 2.60. The van der Waals surface area contributed by atoms with Crippen molar-refractivity contribution in [1.29, 1.82) is 0 Å². The van der Waals surface area contributed by atoms with Crippen LogP contribution < -0.4 is 5.32 Å². The van der Waals surface area contributed by atoms with E-state index in [1.54, 1.807) is 13.8 Å². The zero-order valence-electron chi connectivity index (χ0n) is 13.7. The van der Waals surface area contributed by atoms with E-state index in [9.17, 15) is 14.4 Å². The normalized spacial score (nSPS) is 23.2. The van der Waals surface area contributed by atoms with Gasteiger partial charge >= 0.3 is 5.97 Å². The first-order valence-electron chi connectivity index (χ1n) is 8.06. The highest BCUT2D eigenvalue weighted by Gasteiger charge is 2.35. The third-order valence-corrected chi connectivity index (χ3v) is 4.23. The molecule has 1 saturated carbocycles. The molecule has 3 atom stereocenters. The zero-order chi connectivity index (χ0) is 16.7. The molecule has 0 aromatic rings. The molecule has 0 aromatic heterocycles. The van der Waals surface area contributed by atoms with Crippen LogP contribution >= 0.6 is 0 Å². The summed E-state index contributed by atoms with van der Waals surface area (Å²) in [6.45, 7) is 5.56. The number of carboxylic acids is 1. The van der Waals surface area contributed by atoms with Crippen molar-refractivity contribution in [3.63, 3.8) is 0 Å². The fourth-order valence-electron chi connectivity index (χ4n) is 2.94. The van der Waals surface area contributed by atoms with Gasteiger partial charge in [-0.25, -0.2) is 4.79 Å². The number of carbonyl (C=O) groups is 3. The Morgan fingerprint density at radius 2 is 2.05 bits per heavy atom. The molecular formula is C17H27NO4. The number of ketones is 1. The highest BCUT2D eigenvalue weighted by atomic mass is 16.4. The number of Topliss-reactive ketones (excluding diaryl/α,β-unsaturated/α-hetero) is 1. The first-order chi connectivity index (χ1) is 10.4. The maximum absolute atomic E-state index is 12.1. The average Bonchev–Trinajstić information content (AvgIpc) is 2.77. The molecule has 124 valence electrons. The first kappa shape index (κ1) is 18.4. The van der Waals surface area contributed by atoms with E-state index >= 15 is 0 Å². The molecule has 0 radical (unpaired) electrons. The number of aliphatic carboxylic acids is 1. The van der Waals surface area contributed by atoms with Crippen LogP contribution in [-0.2, 0) is 14.4 Å². The van der Waals surface area contributed by atoms with Crippen molar-refractivity contribution in [2.45, 2.75) is 58.9 Å². The molecule has 5 heteroatoms. The fourth-order valence-corrected chi connectivity index (χ4v) is 2.94. The standard InChI is InChI=1S/C17H27NO4/c1-4-5-6-7-13-12(8-9-14(13)19)10-15(20)18-16(11(2)3)17(21)22/h5-6,11-13,16H,4,7-10H2,1-3H3,(H,18,20)(H,21,22)/b6-5-/t12?,13-,16+/m1/s1. The summed E-state index contributed by atoms with van der Waals surface area (Å²) in [5, 5.41) is 11.7. The topological polar surface area (TPSA) is 83.5 Å². The summed E-state index contributed by atoms with van der Waals surface area (Å²) in [6, 6.07) is -0.872. The average molecular weight is 309 g/mol. The van der Waals surface area contributed by atoms with Crippen molar-refractivity contribution in [2.75, 3.05) is 0 Å². The zero-order valence-corrected chi connectivity index (χ0v) is 13.7. The lowest BCUT2D eigenvalue weighted by Gasteiger charge is -2.21. The Morgan fingerprint density at radius 3 is 2.59 bits per heavy atom. The van der Waals surface area contributed by atoms with Gasteiger partial charge in [0.2, 0.25) is 5.91 Å². The maximum Gasteiger partial charge on any atom is 0.326 e. The van der Waals surface area contributed by atoms with Gasteiger partial charge in [-0.15, -0.1) is 0 Å². The summed E-state index contributed by atoms with van der Waals surface area (Å²) in [4.78, 5) is 35.2. The summed E-state index contributed by atoms with van der Waals surface area (Å²) in [6.07, 6.45) is 7.12. The second-order valence-electron chi connectivity index (χ2n) is 6.32. The smallest absolute Gasteiger partial charge is 0.326 e. The monoisotopic (exact) mass is 309 g/mol. The van der Waals surface area contributed by atoms with Crippen LogP contribution in [0.2, 0.25) is 0 Å². The molecule has 1 aliphatic carbocycles. The minimum atomic E-state index is -1.02. The molecule has 1 unspecified atom stereocenters. The van der Waals surface area contributed by atoms with E-state index in [0.29, 0.717) is 12.8 Å². The maximum atomic E-state index is 12.1. The third kappa shape index (κ3) is 5.28. The van der Waals surface area contributed by atoms with Crippen molar-refractivity contribution < 1.29 is 19.5 Å². The Hall–Kier alpha value is -1.65. The molecule has 0 bridgehead atoms. The molecule has 0 aromatic carbocycles. The fraction of sp³-hybridized carbons (Fsp3) is 0.706. The number of amides is 1. The molecule has 2 N–H and O–H groups in total. The van der Waals surface area contributed by atoms with Crippen LogP contribution in [0.5, 0.6) is 0 Å². The molecule has 1 aliphatic rings. The van der Waals surface area contributed by atoms with Gasteiger partial charge < -0.3 is 10.4 Å². The molecule has 1 rings (SSSR count). The van der Waals surface area contributed by atoms with Crippen LogP contribution in [0.15, 0.2) is 12.2 Å². The van der Waals surface area contributed by atoms with Gasteiger partial charge in [-0.3, -0.25) is 9.59 Å². The predicted octanol–water partition coefficient (Wildman–Crippen LogP) is 2.55. The van der Waals surface area contributed by atoms with Crippen molar-refractivity contribution >= 4 is 17.7 Å². The number of carbonyl (C=O) groups excluding carboxylic acids is 2. The Bertz CT molecular complexity index is 442. The van der Waals surface area contributed by atoms with Gasteiger partial charge in [0.05, 0.1) is 0 Å². The molecule has 0 aliphatic heterocycles. The highest BCUT2D eigenvalue weighted by molar-refractivity contribution is 5.87. The van der Waals surface area contributed by atoms with Crippen molar-refractivity contribution in [2.24, 2.45) is 17.8 Å². The largest absolute Gasteiger partial charge is 0.480 e. The Kier molecular flexibility index (Phi) is 7.28. The van der Waals surface area contributed by atoms with Crippen LogP contribution in [0, 0.1) is 17.8 Å². The first-order valence-corrected chi connectivity index (χ1v) is 8.06. The summed E-state index contributed by atoms with van der Waals surface area (Å²) < 4.78 is 0. The summed E-state index contributed by atoms with van der Waals surface area (Å²) >= 11 is 0. The number of carboxylic acid groups (broad SMARTS) is 1. The van der Waals surface area contributed by atoms with Gasteiger partial charge in [-0.05, 0) is 31.1 Å². The second-order valence-corrected chi connectivity index (χ2v) is 6.32. The second kappa shape index (κ2) is 8.71. The number of hydrogen-bond donors (Lipinski definition) is 2. The highest BCUT2D eigenvalue weighted by Crippen LogP contribution is 2.34. The van der Waals surface area contributed by atoms with Crippen LogP contribution in [0.3, 0.4) is 0 Å². The molecular weight excluding hydrogens is 282 g/mol. The molecule has 22 heavy (non-hydrogen) atoms. The quantitative estimate of drug-likeness (QED) is 0.675. The van der Waals surface area contributed by atoms with Crippen molar-refractivity contribution in [3.05, 3.63) is 12.2 Å². The van der Waals surface area contributed by atoms with Crippen LogP contribution in [0.25, 0.3) is 0 Å². The summed E-state index contributed by atoms with van der Waals surface area (Å²) in [5.74, 6) is -1.32.